The Kier molecular flexibility index (Phi) is 4.80. The van der Waals surface area contributed by atoms with Gasteiger partial charge in [0, 0.05) is 18.5 Å². The first-order chi connectivity index (χ1) is 11.3. The summed E-state index contributed by atoms with van der Waals surface area (Å²) in [6, 6.07) is 6.48. The molecular weight excluding hydrogens is 295 g/mol. The lowest BCUT2D eigenvalue weighted by Gasteiger charge is -2.34. The Labute approximate surface area is 134 Å². The van der Waals surface area contributed by atoms with E-state index >= 15 is 0 Å². The number of likely N-dealkylation sites (tertiary alicyclic amines) is 1. The van der Waals surface area contributed by atoms with Crippen molar-refractivity contribution in [1.82, 2.24) is 20.1 Å². The first-order valence-corrected chi connectivity index (χ1v) is 7.81. The minimum absolute atomic E-state index is 0.0266. The number of H-pyrrole nitrogens is 1. The van der Waals surface area contributed by atoms with Gasteiger partial charge in [0.15, 0.2) is 0 Å². The van der Waals surface area contributed by atoms with Crippen molar-refractivity contribution in [1.29, 1.82) is 0 Å². The first-order valence-electron chi connectivity index (χ1n) is 7.81. The Bertz CT molecular complexity index is 684. The fraction of sp³-hybridized carbons (Fsp3) is 0.353. The van der Waals surface area contributed by atoms with E-state index in [1.54, 1.807) is 30.4 Å². The Morgan fingerprint density at radius 3 is 3.04 bits per heavy atom. The van der Waals surface area contributed by atoms with Gasteiger partial charge in [-0.2, -0.15) is 5.10 Å². The zero-order valence-corrected chi connectivity index (χ0v) is 12.8. The maximum absolute atomic E-state index is 13.6. The number of aromatic nitrogens is 3. The number of carbonyl (C=O) groups excluding carboxylic acids is 1. The number of nitrogens with one attached hydrogen (secondary N) is 1. The van der Waals surface area contributed by atoms with Gasteiger partial charge in [0.1, 0.15) is 18.0 Å². The van der Waals surface area contributed by atoms with Gasteiger partial charge in [-0.3, -0.25) is 9.89 Å². The second kappa shape index (κ2) is 7.17. The third-order valence-corrected chi connectivity index (χ3v) is 4.07. The summed E-state index contributed by atoms with van der Waals surface area (Å²) in [4.78, 5) is 18.5. The average Bonchev–Trinajstić information content (AvgIpc) is 3.11. The number of amides is 1. The minimum Gasteiger partial charge on any atom is -0.332 e. The van der Waals surface area contributed by atoms with E-state index in [4.69, 9.17) is 0 Å². The van der Waals surface area contributed by atoms with Crippen LogP contribution in [-0.2, 0) is 4.79 Å². The molecule has 1 unspecified atom stereocenters. The monoisotopic (exact) mass is 314 g/mol. The molecule has 1 N–H and O–H groups in total. The summed E-state index contributed by atoms with van der Waals surface area (Å²) in [5, 5.41) is 6.73. The molecule has 1 atom stereocenters. The molecule has 1 aliphatic rings. The summed E-state index contributed by atoms with van der Waals surface area (Å²) in [5.41, 5.74) is 0.491. The van der Waals surface area contributed by atoms with Crippen LogP contribution in [0.25, 0.3) is 6.08 Å². The van der Waals surface area contributed by atoms with Crippen LogP contribution < -0.4 is 0 Å². The number of hydrogen-bond acceptors (Lipinski definition) is 3. The van der Waals surface area contributed by atoms with E-state index in [9.17, 15) is 9.18 Å². The molecule has 2 aromatic rings. The summed E-state index contributed by atoms with van der Waals surface area (Å²) in [7, 11) is 0. The maximum atomic E-state index is 13.6. The van der Waals surface area contributed by atoms with E-state index in [0.717, 1.165) is 31.6 Å². The van der Waals surface area contributed by atoms with Crippen molar-refractivity contribution >= 4 is 12.0 Å². The molecule has 3 rings (SSSR count). The second-order valence-corrected chi connectivity index (χ2v) is 5.60. The van der Waals surface area contributed by atoms with Gasteiger partial charge in [0.05, 0.1) is 6.04 Å². The Balaban J connectivity index is 1.66. The van der Waals surface area contributed by atoms with Crippen molar-refractivity contribution in [2.45, 2.75) is 31.7 Å². The van der Waals surface area contributed by atoms with Gasteiger partial charge in [-0.15, -0.1) is 0 Å². The van der Waals surface area contributed by atoms with Crippen LogP contribution in [0.15, 0.2) is 36.7 Å². The lowest BCUT2D eigenvalue weighted by Crippen LogP contribution is -2.38. The molecule has 1 aromatic heterocycles. The fourth-order valence-corrected chi connectivity index (χ4v) is 2.90. The lowest BCUT2D eigenvalue weighted by atomic mass is 10.0. The second-order valence-electron chi connectivity index (χ2n) is 5.60. The molecule has 1 aromatic carbocycles. The Morgan fingerprint density at radius 2 is 2.26 bits per heavy atom. The number of halogens is 1. The maximum Gasteiger partial charge on any atom is 0.227 e. The predicted molar refractivity (Wildman–Crippen MR) is 84.7 cm³/mol. The van der Waals surface area contributed by atoms with E-state index < -0.39 is 0 Å². The van der Waals surface area contributed by atoms with E-state index in [0.29, 0.717) is 5.56 Å². The zero-order chi connectivity index (χ0) is 16.1. The van der Waals surface area contributed by atoms with Gasteiger partial charge in [-0.1, -0.05) is 30.4 Å². The van der Waals surface area contributed by atoms with Crippen LogP contribution in [0.3, 0.4) is 0 Å². The highest BCUT2D eigenvalue weighted by Crippen LogP contribution is 2.29. The minimum atomic E-state index is -0.284. The van der Waals surface area contributed by atoms with Crippen molar-refractivity contribution in [3.05, 3.63) is 53.9 Å². The van der Waals surface area contributed by atoms with Crippen LogP contribution in [0.5, 0.6) is 0 Å². The van der Waals surface area contributed by atoms with Crippen LogP contribution in [0.2, 0.25) is 0 Å². The van der Waals surface area contributed by atoms with Crippen LogP contribution in [0, 0.1) is 5.82 Å². The first kappa shape index (κ1) is 15.4. The van der Waals surface area contributed by atoms with Crippen molar-refractivity contribution in [3.8, 4) is 0 Å². The standard InChI is InChI=1S/C17H19FN4O/c18-14-8-2-1-6-13(14)7-5-10-16(23)22-11-4-3-9-15(22)17-19-12-20-21-17/h1-2,5-8,12,15H,3-4,9-11H2,(H,19,20,21)/b7-5+. The molecular formula is C17H19FN4O. The summed E-state index contributed by atoms with van der Waals surface area (Å²) in [6.45, 7) is 0.720. The molecule has 0 aliphatic carbocycles. The van der Waals surface area contributed by atoms with Crippen LogP contribution in [0.1, 0.15) is 43.1 Å². The summed E-state index contributed by atoms with van der Waals surface area (Å²) < 4.78 is 13.6. The molecule has 1 aliphatic heterocycles. The van der Waals surface area contributed by atoms with Gasteiger partial charge in [-0.05, 0) is 25.3 Å². The number of aromatic amines is 1. The SMILES string of the molecule is O=C(C/C=C/c1ccccc1F)N1CCCCC1c1ncn[nH]1. The fourth-order valence-electron chi connectivity index (χ4n) is 2.90. The molecule has 5 nitrogen and oxygen atoms in total. The third-order valence-electron chi connectivity index (χ3n) is 4.07. The molecule has 0 radical (unpaired) electrons. The number of benzene rings is 1. The quantitative estimate of drug-likeness (QED) is 0.943. The van der Waals surface area contributed by atoms with Crippen molar-refractivity contribution < 1.29 is 9.18 Å². The van der Waals surface area contributed by atoms with Crippen molar-refractivity contribution in [2.75, 3.05) is 6.54 Å². The number of carbonyl (C=O) groups is 1. The van der Waals surface area contributed by atoms with Crippen LogP contribution in [0.4, 0.5) is 4.39 Å². The average molecular weight is 314 g/mol. The normalized spacial score (nSPS) is 18.5. The third kappa shape index (κ3) is 3.64. The zero-order valence-electron chi connectivity index (χ0n) is 12.8. The van der Waals surface area contributed by atoms with E-state index in [1.807, 2.05) is 4.90 Å². The van der Waals surface area contributed by atoms with Gasteiger partial charge in [0.2, 0.25) is 5.91 Å². The highest BCUT2D eigenvalue weighted by Gasteiger charge is 2.29. The summed E-state index contributed by atoms with van der Waals surface area (Å²) >= 11 is 0. The number of nitrogens with zero attached hydrogens (tertiary/aromatic N) is 3. The number of rotatable bonds is 4. The van der Waals surface area contributed by atoms with Gasteiger partial charge >= 0.3 is 0 Å². The lowest BCUT2D eigenvalue weighted by molar-refractivity contribution is -0.134. The van der Waals surface area contributed by atoms with Crippen LogP contribution in [-0.4, -0.2) is 32.5 Å². The molecule has 2 heterocycles. The van der Waals surface area contributed by atoms with E-state index in [2.05, 4.69) is 15.2 Å². The van der Waals surface area contributed by atoms with Crippen molar-refractivity contribution in [3.63, 3.8) is 0 Å². The van der Waals surface area contributed by atoms with Gasteiger partial charge in [-0.25, -0.2) is 9.37 Å². The largest absolute Gasteiger partial charge is 0.332 e. The molecule has 120 valence electrons. The number of piperidine rings is 1. The highest BCUT2D eigenvalue weighted by atomic mass is 19.1. The van der Waals surface area contributed by atoms with Crippen molar-refractivity contribution in [2.24, 2.45) is 0 Å². The highest BCUT2D eigenvalue weighted by molar-refractivity contribution is 5.79. The Morgan fingerprint density at radius 1 is 1.39 bits per heavy atom. The van der Waals surface area contributed by atoms with Crippen LogP contribution >= 0.6 is 0 Å². The van der Waals surface area contributed by atoms with E-state index in [-0.39, 0.29) is 24.2 Å². The molecule has 1 fully saturated rings. The van der Waals surface area contributed by atoms with E-state index in [1.165, 1.54) is 12.4 Å². The molecule has 23 heavy (non-hydrogen) atoms. The summed E-state index contributed by atoms with van der Waals surface area (Å²) in [6.07, 6.45) is 8.03. The predicted octanol–water partition coefficient (Wildman–Crippen LogP) is 3.10. The van der Waals surface area contributed by atoms with Gasteiger partial charge in [0.25, 0.3) is 0 Å². The smallest absolute Gasteiger partial charge is 0.227 e. The molecule has 1 amide bonds. The number of hydrogen-bond donors (Lipinski definition) is 1. The topological polar surface area (TPSA) is 61.9 Å². The van der Waals surface area contributed by atoms with Gasteiger partial charge < -0.3 is 4.90 Å². The Hall–Kier alpha value is -2.50. The molecule has 1 saturated heterocycles. The molecule has 6 heteroatoms. The molecule has 0 saturated carbocycles. The summed E-state index contributed by atoms with van der Waals surface area (Å²) in [5.74, 6) is 0.475. The molecule has 0 bridgehead atoms. The molecule has 0 spiro atoms.